The summed E-state index contributed by atoms with van der Waals surface area (Å²) in [6.07, 6.45) is 3.27. The van der Waals surface area contributed by atoms with Crippen LogP contribution in [0.2, 0.25) is 0 Å². The predicted molar refractivity (Wildman–Crippen MR) is 80.0 cm³/mol. The third-order valence-corrected chi connectivity index (χ3v) is 3.58. The first-order valence-corrected chi connectivity index (χ1v) is 6.93. The highest BCUT2D eigenvalue weighted by molar-refractivity contribution is 5.85. The molecule has 1 saturated heterocycles. The summed E-state index contributed by atoms with van der Waals surface area (Å²) in [5.41, 5.74) is 1.36. The number of pyridine rings is 1. The molecular weight excluding hydrogens is 268 g/mol. The number of hydrogen-bond donors (Lipinski definition) is 1. The zero-order valence-corrected chi connectivity index (χ0v) is 12.2. The van der Waals surface area contributed by atoms with E-state index in [1.807, 2.05) is 17.0 Å². The first-order chi connectivity index (χ1) is 10.2. The third kappa shape index (κ3) is 2.64. The summed E-state index contributed by atoms with van der Waals surface area (Å²) in [7, 11) is 3.54. The minimum atomic E-state index is -0.240. The van der Waals surface area contributed by atoms with Gasteiger partial charge in [0, 0.05) is 46.1 Å². The number of carbonyl (C=O) groups excluding carboxylic acids is 1. The Hall–Kier alpha value is -2.28. The summed E-state index contributed by atoms with van der Waals surface area (Å²) in [5, 5.41) is 3.26. The van der Waals surface area contributed by atoms with E-state index in [4.69, 9.17) is 0 Å². The smallest absolute Gasteiger partial charge is 0.246 e. The number of anilines is 1. The molecule has 0 saturated carbocycles. The Labute approximate surface area is 123 Å². The maximum atomic E-state index is 12.3. The highest BCUT2D eigenvalue weighted by atomic mass is 16.2. The number of fused-ring (bicyclic) bond motifs is 1. The van der Waals surface area contributed by atoms with Gasteiger partial charge in [-0.3, -0.25) is 9.78 Å². The van der Waals surface area contributed by atoms with Crippen molar-refractivity contribution in [1.29, 1.82) is 0 Å². The summed E-state index contributed by atoms with van der Waals surface area (Å²) in [6, 6.07) is 3.55. The highest BCUT2D eigenvalue weighted by Gasteiger charge is 2.30. The first kappa shape index (κ1) is 13.7. The standard InChI is InChI=1S/C14H18N6O/c1-19(2)14(21)11-9-15-7-8-20(11)12-4-3-10-13(18-12)17-6-5-16-10/h3-6,11,15H,7-9H2,1-2H3. The van der Waals surface area contributed by atoms with Crippen LogP contribution in [0.15, 0.2) is 24.5 Å². The van der Waals surface area contributed by atoms with Crippen LogP contribution in [0, 0.1) is 0 Å². The second kappa shape index (κ2) is 5.61. The van der Waals surface area contributed by atoms with Gasteiger partial charge in [-0.2, -0.15) is 0 Å². The van der Waals surface area contributed by atoms with E-state index in [0.29, 0.717) is 12.2 Å². The van der Waals surface area contributed by atoms with Gasteiger partial charge in [0.1, 0.15) is 17.4 Å². The van der Waals surface area contributed by atoms with Crippen LogP contribution < -0.4 is 10.2 Å². The van der Waals surface area contributed by atoms with Gasteiger partial charge in [-0.05, 0) is 12.1 Å². The van der Waals surface area contributed by atoms with Crippen molar-refractivity contribution in [3.8, 4) is 0 Å². The molecule has 0 aromatic carbocycles. The Bertz CT molecular complexity index is 659. The molecule has 3 heterocycles. The van der Waals surface area contributed by atoms with E-state index < -0.39 is 0 Å². The zero-order chi connectivity index (χ0) is 14.8. The molecule has 0 bridgehead atoms. The van der Waals surface area contributed by atoms with Gasteiger partial charge in [0.25, 0.3) is 0 Å². The van der Waals surface area contributed by atoms with Crippen molar-refractivity contribution in [1.82, 2.24) is 25.2 Å². The highest BCUT2D eigenvalue weighted by Crippen LogP contribution is 2.19. The van der Waals surface area contributed by atoms with E-state index in [1.165, 1.54) is 0 Å². The molecular formula is C14H18N6O. The Morgan fingerprint density at radius 3 is 2.95 bits per heavy atom. The molecule has 1 aliphatic heterocycles. The summed E-state index contributed by atoms with van der Waals surface area (Å²) in [6.45, 7) is 2.19. The molecule has 2 aromatic rings. The summed E-state index contributed by atoms with van der Waals surface area (Å²) >= 11 is 0. The maximum absolute atomic E-state index is 12.3. The first-order valence-electron chi connectivity index (χ1n) is 6.93. The molecule has 0 radical (unpaired) electrons. The van der Waals surface area contributed by atoms with Crippen LogP contribution in [0.3, 0.4) is 0 Å². The van der Waals surface area contributed by atoms with Crippen molar-refractivity contribution in [2.45, 2.75) is 6.04 Å². The topological polar surface area (TPSA) is 74.2 Å². The van der Waals surface area contributed by atoms with Gasteiger partial charge in [0.15, 0.2) is 5.65 Å². The normalized spacial score (nSPS) is 18.8. The molecule has 0 spiro atoms. The van der Waals surface area contributed by atoms with E-state index >= 15 is 0 Å². The van der Waals surface area contributed by atoms with Crippen LogP contribution in [0.5, 0.6) is 0 Å². The number of nitrogens with zero attached hydrogens (tertiary/aromatic N) is 5. The van der Waals surface area contributed by atoms with E-state index in [-0.39, 0.29) is 11.9 Å². The monoisotopic (exact) mass is 286 g/mol. The van der Waals surface area contributed by atoms with Crippen LogP contribution >= 0.6 is 0 Å². The number of amides is 1. The molecule has 7 heteroatoms. The van der Waals surface area contributed by atoms with Gasteiger partial charge in [-0.15, -0.1) is 0 Å². The van der Waals surface area contributed by atoms with Crippen molar-refractivity contribution < 1.29 is 4.79 Å². The Morgan fingerprint density at radius 2 is 2.14 bits per heavy atom. The SMILES string of the molecule is CN(C)C(=O)C1CNCCN1c1ccc2nccnc2n1. The molecule has 7 nitrogen and oxygen atoms in total. The maximum Gasteiger partial charge on any atom is 0.246 e. The molecule has 110 valence electrons. The molecule has 1 N–H and O–H groups in total. The fourth-order valence-electron chi connectivity index (χ4n) is 2.50. The van der Waals surface area contributed by atoms with E-state index in [9.17, 15) is 4.79 Å². The van der Waals surface area contributed by atoms with E-state index in [2.05, 4.69) is 20.3 Å². The number of nitrogens with one attached hydrogen (secondary N) is 1. The van der Waals surface area contributed by atoms with Crippen LogP contribution in [0.4, 0.5) is 5.82 Å². The van der Waals surface area contributed by atoms with Crippen LogP contribution in [0.1, 0.15) is 0 Å². The average molecular weight is 286 g/mol. The minimum absolute atomic E-state index is 0.0724. The van der Waals surface area contributed by atoms with Crippen molar-refractivity contribution in [2.75, 3.05) is 38.6 Å². The van der Waals surface area contributed by atoms with Crippen LogP contribution in [-0.2, 0) is 4.79 Å². The van der Waals surface area contributed by atoms with Crippen LogP contribution in [0.25, 0.3) is 11.2 Å². The molecule has 1 unspecified atom stereocenters. The molecule has 2 aromatic heterocycles. The van der Waals surface area contributed by atoms with E-state index in [1.54, 1.807) is 31.4 Å². The van der Waals surface area contributed by atoms with Crippen molar-refractivity contribution >= 4 is 22.9 Å². The molecule has 1 atom stereocenters. The molecule has 1 fully saturated rings. The Balaban J connectivity index is 1.96. The number of piperazine rings is 1. The fourth-order valence-corrected chi connectivity index (χ4v) is 2.50. The molecule has 1 amide bonds. The zero-order valence-electron chi connectivity index (χ0n) is 12.2. The Kier molecular flexibility index (Phi) is 3.66. The fraction of sp³-hybridized carbons (Fsp3) is 0.429. The predicted octanol–water partition coefficient (Wildman–Crippen LogP) is -0.109. The van der Waals surface area contributed by atoms with Gasteiger partial charge >= 0.3 is 0 Å². The van der Waals surface area contributed by atoms with Gasteiger partial charge in [-0.25, -0.2) is 9.97 Å². The van der Waals surface area contributed by atoms with Gasteiger partial charge in [0.05, 0.1) is 0 Å². The number of likely N-dealkylation sites (N-methyl/N-ethyl adjacent to an activating group) is 1. The summed E-state index contributed by atoms with van der Waals surface area (Å²) < 4.78 is 0. The lowest BCUT2D eigenvalue weighted by atomic mass is 10.1. The third-order valence-electron chi connectivity index (χ3n) is 3.58. The molecule has 21 heavy (non-hydrogen) atoms. The molecule has 3 rings (SSSR count). The lowest BCUT2D eigenvalue weighted by Gasteiger charge is -2.37. The lowest BCUT2D eigenvalue weighted by molar-refractivity contribution is -0.130. The average Bonchev–Trinajstić information content (AvgIpc) is 2.53. The van der Waals surface area contributed by atoms with Crippen molar-refractivity contribution in [3.63, 3.8) is 0 Å². The minimum Gasteiger partial charge on any atom is -0.347 e. The summed E-state index contributed by atoms with van der Waals surface area (Å²) in [5.74, 6) is 0.841. The van der Waals surface area contributed by atoms with Gasteiger partial charge in [-0.1, -0.05) is 0 Å². The van der Waals surface area contributed by atoms with E-state index in [0.717, 1.165) is 24.4 Å². The van der Waals surface area contributed by atoms with Crippen molar-refractivity contribution in [2.24, 2.45) is 0 Å². The number of carbonyl (C=O) groups is 1. The lowest BCUT2D eigenvalue weighted by Crippen LogP contribution is -2.58. The second-order valence-corrected chi connectivity index (χ2v) is 5.21. The second-order valence-electron chi connectivity index (χ2n) is 5.21. The number of aromatic nitrogens is 3. The summed E-state index contributed by atoms with van der Waals surface area (Å²) in [4.78, 5) is 29.0. The molecule has 0 aliphatic carbocycles. The number of hydrogen-bond acceptors (Lipinski definition) is 6. The van der Waals surface area contributed by atoms with Crippen LogP contribution in [-0.4, -0.2) is 65.5 Å². The largest absolute Gasteiger partial charge is 0.347 e. The van der Waals surface area contributed by atoms with Crippen molar-refractivity contribution in [3.05, 3.63) is 24.5 Å². The quantitative estimate of drug-likeness (QED) is 0.830. The Morgan fingerprint density at radius 1 is 1.33 bits per heavy atom. The molecule has 1 aliphatic rings. The van der Waals surface area contributed by atoms with Gasteiger partial charge < -0.3 is 15.1 Å². The van der Waals surface area contributed by atoms with Gasteiger partial charge in [0.2, 0.25) is 5.91 Å². The number of rotatable bonds is 2.